The Balaban J connectivity index is 1.82. The van der Waals surface area contributed by atoms with Crippen LogP contribution in [0.25, 0.3) is 0 Å². The van der Waals surface area contributed by atoms with Crippen LogP contribution in [-0.2, 0) is 17.8 Å². The number of nitrogens with one attached hydrogen (secondary N) is 1. The number of hydrogen-bond donors (Lipinski definition) is 2. The average Bonchev–Trinajstić information content (AvgIpc) is 2.97. The van der Waals surface area contributed by atoms with Gasteiger partial charge < -0.3 is 19.7 Å². The summed E-state index contributed by atoms with van der Waals surface area (Å²) in [5.41, 5.74) is 1.37. The quantitative estimate of drug-likeness (QED) is 0.803. The molecule has 0 aliphatic carbocycles. The molecule has 22 heavy (non-hydrogen) atoms. The van der Waals surface area contributed by atoms with E-state index in [0.29, 0.717) is 18.7 Å². The van der Waals surface area contributed by atoms with Crippen molar-refractivity contribution < 1.29 is 24.0 Å². The van der Waals surface area contributed by atoms with Crippen molar-refractivity contribution in [3.05, 3.63) is 52.9 Å². The van der Waals surface area contributed by atoms with E-state index in [2.05, 4.69) is 10.5 Å². The van der Waals surface area contributed by atoms with E-state index in [1.54, 1.807) is 12.1 Å². The zero-order valence-electron chi connectivity index (χ0n) is 12.0. The molecular weight excluding hydrogens is 288 g/mol. The van der Waals surface area contributed by atoms with E-state index in [0.717, 1.165) is 5.56 Å². The van der Waals surface area contributed by atoms with Crippen LogP contribution in [0.4, 0.5) is 0 Å². The van der Waals surface area contributed by atoms with Crippen LogP contribution in [0, 0.1) is 0 Å². The Bertz CT molecular complexity index is 648. The number of rotatable bonds is 7. The van der Waals surface area contributed by atoms with Gasteiger partial charge in [0.1, 0.15) is 6.61 Å². The van der Waals surface area contributed by atoms with Gasteiger partial charge in [0.15, 0.2) is 11.5 Å². The lowest BCUT2D eigenvalue weighted by Crippen LogP contribution is -2.25. The highest BCUT2D eigenvalue weighted by Crippen LogP contribution is 2.06. The van der Waals surface area contributed by atoms with Gasteiger partial charge in [0.05, 0.1) is 5.56 Å². The van der Waals surface area contributed by atoms with Gasteiger partial charge in [0, 0.05) is 19.7 Å². The second-order valence-electron chi connectivity index (χ2n) is 4.62. The number of carboxylic acid groups (broad SMARTS) is 1. The van der Waals surface area contributed by atoms with Gasteiger partial charge in [0.25, 0.3) is 5.91 Å². The molecule has 0 bridgehead atoms. The van der Waals surface area contributed by atoms with E-state index in [4.69, 9.17) is 14.4 Å². The summed E-state index contributed by atoms with van der Waals surface area (Å²) >= 11 is 0. The molecule has 0 fully saturated rings. The van der Waals surface area contributed by atoms with Gasteiger partial charge in [-0.1, -0.05) is 17.3 Å². The molecule has 2 N–H and O–H groups in total. The minimum atomic E-state index is -0.960. The summed E-state index contributed by atoms with van der Waals surface area (Å²) in [6, 6.07) is 8.05. The predicted molar refractivity (Wildman–Crippen MR) is 76.7 cm³/mol. The number of aromatic nitrogens is 1. The first-order valence-corrected chi connectivity index (χ1v) is 6.65. The summed E-state index contributed by atoms with van der Waals surface area (Å²) in [6.07, 6.45) is 0.592. The van der Waals surface area contributed by atoms with E-state index < -0.39 is 5.97 Å². The Kier molecular flexibility index (Phi) is 5.26. The average molecular weight is 304 g/mol. The van der Waals surface area contributed by atoms with Crippen LogP contribution < -0.4 is 5.32 Å². The Hall–Kier alpha value is -2.67. The van der Waals surface area contributed by atoms with Crippen molar-refractivity contribution in [2.75, 3.05) is 13.7 Å². The highest BCUT2D eigenvalue weighted by atomic mass is 16.5. The van der Waals surface area contributed by atoms with Crippen LogP contribution in [0.2, 0.25) is 0 Å². The predicted octanol–water partition coefficient (Wildman–Crippen LogP) is 1.49. The van der Waals surface area contributed by atoms with Crippen molar-refractivity contribution >= 4 is 11.9 Å². The van der Waals surface area contributed by atoms with Crippen molar-refractivity contribution in [2.24, 2.45) is 0 Å². The smallest absolute Gasteiger partial charge is 0.335 e. The van der Waals surface area contributed by atoms with Gasteiger partial charge in [-0.15, -0.1) is 0 Å². The maximum Gasteiger partial charge on any atom is 0.335 e. The topological polar surface area (TPSA) is 102 Å². The molecule has 0 saturated heterocycles. The molecule has 0 atom stereocenters. The number of carbonyl (C=O) groups is 2. The van der Waals surface area contributed by atoms with E-state index in [-0.39, 0.29) is 23.8 Å². The first kappa shape index (κ1) is 15.7. The van der Waals surface area contributed by atoms with Crippen LogP contribution in [0.15, 0.2) is 34.9 Å². The van der Waals surface area contributed by atoms with Crippen molar-refractivity contribution in [1.82, 2.24) is 10.5 Å². The highest BCUT2D eigenvalue weighted by Gasteiger charge is 2.11. The molecule has 1 aromatic carbocycles. The zero-order chi connectivity index (χ0) is 15.9. The molecule has 0 saturated carbocycles. The summed E-state index contributed by atoms with van der Waals surface area (Å²) < 4.78 is 9.81. The Morgan fingerprint density at radius 2 is 2.05 bits per heavy atom. The third-order valence-electron chi connectivity index (χ3n) is 2.98. The first-order valence-electron chi connectivity index (χ1n) is 6.65. The van der Waals surface area contributed by atoms with Crippen molar-refractivity contribution in [2.45, 2.75) is 13.0 Å². The van der Waals surface area contributed by atoms with E-state index in [1.807, 2.05) is 0 Å². The van der Waals surface area contributed by atoms with E-state index >= 15 is 0 Å². The molecule has 116 valence electrons. The molecule has 0 spiro atoms. The van der Waals surface area contributed by atoms with Gasteiger partial charge in [-0.05, 0) is 24.1 Å². The van der Waals surface area contributed by atoms with Crippen LogP contribution in [0.3, 0.4) is 0 Å². The van der Waals surface area contributed by atoms with E-state index in [1.165, 1.54) is 25.3 Å². The normalized spacial score (nSPS) is 10.4. The fourth-order valence-electron chi connectivity index (χ4n) is 1.86. The molecule has 0 aliphatic heterocycles. The lowest BCUT2D eigenvalue weighted by molar-refractivity contribution is 0.0696. The van der Waals surface area contributed by atoms with Crippen LogP contribution in [-0.4, -0.2) is 35.8 Å². The van der Waals surface area contributed by atoms with Crippen molar-refractivity contribution in [1.29, 1.82) is 0 Å². The highest BCUT2D eigenvalue weighted by molar-refractivity contribution is 5.92. The number of carboxylic acids is 1. The third kappa shape index (κ3) is 4.16. The van der Waals surface area contributed by atoms with Gasteiger partial charge in [-0.2, -0.15) is 0 Å². The van der Waals surface area contributed by atoms with Crippen molar-refractivity contribution in [3.8, 4) is 0 Å². The minimum Gasteiger partial charge on any atom is -0.478 e. The molecule has 2 rings (SSSR count). The maximum atomic E-state index is 11.8. The lowest BCUT2D eigenvalue weighted by atomic mass is 10.1. The molecule has 2 aromatic rings. The number of benzene rings is 1. The number of methoxy groups -OCH3 is 1. The van der Waals surface area contributed by atoms with Crippen LogP contribution >= 0.6 is 0 Å². The van der Waals surface area contributed by atoms with E-state index in [9.17, 15) is 9.59 Å². The monoisotopic (exact) mass is 304 g/mol. The Morgan fingerprint density at radius 3 is 2.68 bits per heavy atom. The molecule has 1 amide bonds. The fraction of sp³-hybridized carbons (Fsp3) is 0.267. The summed E-state index contributed by atoms with van der Waals surface area (Å²) in [6.45, 7) is 0.675. The van der Waals surface area contributed by atoms with Crippen LogP contribution in [0.5, 0.6) is 0 Å². The summed E-state index contributed by atoms with van der Waals surface area (Å²) in [7, 11) is 1.53. The molecule has 0 aliphatic rings. The second-order valence-corrected chi connectivity index (χ2v) is 4.62. The second kappa shape index (κ2) is 7.37. The molecule has 1 aromatic heterocycles. The number of nitrogens with zero attached hydrogens (tertiary/aromatic N) is 1. The Morgan fingerprint density at radius 1 is 1.32 bits per heavy atom. The largest absolute Gasteiger partial charge is 0.478 e. The molecular formula is C15H16N2O5. The minimum absolute atomic E-state index is 0.202. The van der Waals surface area contributed by atoms with Gasteiger partial charge in [-0.25, -0.2) is 4.79 Å². The van der Waals surface area contributed by atoms with Gasteiger partial charge in [-0.3, -0.25) is 4.79 Å². The molecule has 0 radical (unpaired) electrons. The Labute approximate surface area is 126 Å². The van der Waals surface area contributed by atoms with Gasteiger partial charge in [0.2, 0.25) is 0 Å². The number of ether oxygens (including phenoxy) is 1. The number of carbonyl (C=O) groups excluding carboxylic acids is 1. The fourth-order valence-corrected chi connectivity index (χ4v) is 1.86. The van der Waals surface area contributed by atoms with Crippen LogP contribution in [0.1, 0.15) is 32.2 Å². The SMILES string of the molecule is COCc1cc(C(=O)NCCc2ccc(C(=O)O)cc2)no1. The molecule has 0 unspecified atom stereocenters. The first-order chi connectivity index (χ1) is 10.6. The molecule has 7 nitrogen and oxygen atoms in total. The standard InChI is InChI=1S/C15H16N2O5/c1-21-9-12-8-13(17-22-12)14(18)16-7-6-10-2-4-11(5-3-10)15(19)20/h2-5,8H,6-7,9H2,1H3,(H,16,18)(H,19,20). The summed E-state index contributed by atoms with van der Waals surface area (Å²) in [5, 5.41) is 15.2. The van der Waals surface area contributed by atoms with Gasteiger partial charge >= 0.3 is 5.97 Å². The molecule has 7 heteroatoms. The number of aromatic carboxylic acids is 1. The van der Waals surface area contributed by atoms with Crippen molar-refractivity contribution in [3.63, 3.8) is 0 Å². The molecule has 1 heterocycles. The third-order valence-corrected chi connectivity index (χ3v) is 2.98. The lowest BCUT2D eigenvalue weighted by Gasteiger charge is -2.03. The maximum absolute atomic E-state index is 11.8. The number of amides is 1. The number of hydrogen-bond acceptors (Lipinski definition) is 5. The zero-order valence-corrected chi connectivity index (χ0v) is 12.0. The summed E-state index contributed by atoms with van der Waals surface area (Å²) in [5.74, 6) is -0.803. The summed E-state index contributed by atoms with van der Waals surface area (Å²) in [4.78, 5) is 22.6.